The van der Waals surface area contributed by atoms with Crippen LogP contribution in [0.5, 0.6) is 5.75 Å². The maximum Gasteiger partial charge on any atom is 0.422 e. The van der Waals surface area contributed by atoms with Gasteiger partial charge in [-0.05, 0) is 30.9 Å². The van der Waals surface area contributed by atoms with Gasteiger partial charge in [0.05, 0.1) is 5.69 Å². The third-order valence-corrected chi connectivity index (χ3v) is 4.01. The molecule has 9 heteroatoms. The Morgan fingerprint density at radius 2 is 2.08 bits per heavy atom. The van der Waals surface area contributed by atoms with Crippen LogP contribution in [0.4, 0.5) is 18.9 Å². The highest BCUT2D eigenvalue weighted by Gasteiger charge is 2.29. The second-order valence-corrected chi connectivity index (χ2v) is 6.09. The number of ether oxygens (including phenoxy) is 1. The molecule has 0 bridgehead atoms. The molecule has 1 aliphatic rings. The van der Waals surface area contributed by atoms with Crippen LogP contribution in [0.2, 0.25) is 5.02 Å². The lowest BCUT2D eigenvalue weighted by atomic mass is 10.00. The Balaban J connectivity index is 0.00000288. The third-order valence-electron chi connectivity index (χ3n) is 3.77. The zero-order chi connectivity index (χ0) is 17.0. The normalized spacial score (nSPS) is 20.4. The van der Waals surface area contributed by atoms with Crippen molar-refractivity contribution in [2.45, 2.75) is 37.9 Å². The number of carbonyl (C=O) groups excluding carboxylic acids is 1. The molecular weight excluding hydrogens is 368 g/mol. The minimum atomic E-state index is -4.47. The molecule has 4 nitrogen and oxygen atoms in total. The summed E-state index contributed by atoms with van der Waals surface area (Å²) in [5.74, 6) is -0.313. The number of anilines is 1. The standard InChI is InChI=1S/C15H18ClF3N2O2.ClH/c16-10-4-5-12(13(7-10)23-8-15(17,18)19)21-14(22)6-9-2-1-3-11(9)20;/h4-5,7,9,11H,1-3,6,8,20H2,(H,21,22);1H/t9-,11+;/m0./s1. The number of hydrogen-bond acceptors (Lipinski definition) is 3. The molecule has 0 unspecified atom stereocenters. The zero-order valence-corrected chi connectivity index (χ0v) is 14.3. The summed E-state index contributed by atoms with van der Waals surface area (Å²) in [6.45, 7) is -1.45. The number of halogens is 5. The van der Waals surface area contributed by atoms with Gasteiger partial charge in [-0.3, -0.25) is 4.79 Å². The van der Waals surface area contributed by atoms with E-state index in [0.717, 1.165) is 19.3 Å². The number of nitrogens with one attached hydrogen (secondary N) is 1. The minimum absolute atomic E-state index is 0. The molecule has 1 fully saturated rings. The Labute approximate surface area is 149 Å². The summed E-state index contributed by atoms with van der Waals surface area (Å²) >= 11 is 5.77. The molecule has 0 radical (unpaired) electrons. The predicted molar refractivity (Wildman–Crippen MR) is 88.8 cm³/mol. The average molecular weight is 387 g/mol. The summed E-state index contributed by atoms with van der Waals surface area (Å²) in [5, 5.41) is 2.80. The second kappa shape index (κ2) is 8.78. The van der Waals surface area contributed by atoms with Gasteiger partial charge in [-0.25, -0.2) is 0 Å². The van der Waals surface area contributed by atoms with E-state index in [1.54, 1.807) is 0 Å². The largest absolute Gasteiger partial charge is 0.482 e. The van der Waals surface area contributed by atoms with Crippen LogP contribution in [0.25, 0.3) is 0 Å². The average Bonchev–Trinajstić information content (AvgIpc) is 2.83. The monoisotopic (exact) mass is 386 g/mol. The first-order valence-corrected chi connectivity index (χ1v) is 7.67. The van der Waals surface area contributed by atoms with E-state index >= 15 is 0 Å². The lowest BCUT2D eigenvalue weighted by molar-refractivity contribution is -0.153. The van der Waals surface area contributed by atoms with Crippen molar-refractivity contribution in [3.63, 3.8) is 0 Å². The van der Waals surface area contributed by atoms with Gasteiger partial charge in [0.2, 0.25) is 5.91 Å². The highest BCUT2D eigenvalue weighted by Crippen LogP contribution is 2.31. The lowest BCUT2D eigenvalue weighted by Crippen LogP contribution is -2.28. The van der Waals surface area contributed by atoms with Crippen LogP contribution in [0.1, 0.15) is 25.7 Å². The van der Waals surface area contributed by atoms with E-state index in [1.165, 1.54) is 18.2 Å². The van der Waals surface area contributed by atoms with E-state index in [-0.39, 0.29) is 53.2 Å². The second-order valence-electron chi connectivity index (χ2n) is 5.65. The quantitative estimate of drug-likeness (QED) is 0.798. The van der Waals surface area contributed by atoms with Gasteiger partial charge < -0.3 is 15.8 Å². The molecule has 1 aliphatic carbocycles. The Hall–Kier alpha value is -1.18. The molecule has 136 valence electrons. The molecule has 0 aliphatic heterocycles. The van der Waals surface area contributed by atoms with E-state index in [2.05, 4.69) is 5.32 Å². The highest BCUT2D eigenvalue weighted by molar-refractivity contribution is 6.30. The number of carbonyl (C=O) groups is 1. The number of rotatable bonds is 5. The maximum absolute atomic E-state index is 12.3. The molecule has 2 rings (SSSR count). The van der Waals surface area contributed by atoms with E-state index < -0.39 is 12.8 Å². The zero-order valence-electron chi connectivity index (χ0n) is 12.7. The highest BCUT2D eigenvalue weighted by atomic mass is 35.5. The Morgan fingerprint density at radius 3 is 2.67 bits per heavy atom. The van der Waals surface area contributed by atoms with Crippen LogP contribution in [0.3, 0.4) is 0 Å². The molecule has 1 amide bonds. The predicted octanol–water partition coefficient (Wildman–Crippen LogP) is 4.16. The first kappa shape index (κ1) is 20.9. The fourth-order valence-electron chi connectivity index (χ4n) is 2.64. The fraction of sp³-hybridized carbons (Fsp3) is 0.533. The summed E-state index contributed by atoms with van der Waals surface area (Å²) in [6, 6.07) is 4.12. The van der Waals surface area contributed by atoms with Crippen molar-refractivity contribution in [3.05, 3.63) is 23.2 Å². The van der Waals surface area contributed by atoms with E-state index in [9.17, 15) is 18.0 Å². The van der Waals surface area contributed by atoms with Crippen LogP contribution < -0.4 is 15.8 Å². The van der Waals surface area contributed by atoms with Crippen LogP contribution in [0, 0.1) is 5.92 Å². The van der Waals surface area contributed by atoms with Crippen molar-refractivity contribution in [2.24, 2.45) is 11.7 Å². The molecule has 2 atom stereocenters. The maximum atomic E-state index is 12.3. The van der Waals surface area contributed by atoms with Crippen molar-refractivity contribution in [1.29, 1.82) is 0 Å². The molecule has 1 saturated carbocycles. The molecule has 0 aromatic heterocycles. The molecule has 3 N–H and O–H groups in total. The van der Waals surface area contributed by atoms with Crippen molar-refractivity contribution in [2.75, 3.05) is 11.9 Å². The molecule has 1 aromatic carbocycles. The van der Waals surface area contributed by atoms with Crippen LogP contribution >= 0.6 is 24.0 Å². The molecular formula is C15H19Cl2F3N2O2. The van der Waals surface area contributed by atoms with Gasteiger partial charge in [-0.15, -0.1) is 12.4 Å². The number of hydrogen-bond donors (Lipinski definition) is 2. The van der Waals surface area contributed by atoms with Gasteiger partial charge in [0.15, 0.2) is 6.61 Å². The SMILES string of the molecule is Cl.N[C@@H]1CCC[C@H]1CC(=O)Nc1ccc(Cl)cc1OCC(F)(F)F. The van der Waals surface area contributed by atoms with Gasteiger partial charge in [0, 0.05) is 23.6 Å². The van der Waals surface area contributed by atoms with E-state index in [0.29, 0.717) is 0 Å². The lowest BCUT2D eigenvalue weighted by Gasteiger charge is -2.17. The van der Waals surface area contributed by atoms with Crippen molar-refractivity contribution in [3.8, 4) is 5.75 Å². The van der Waals surface area contributed by atoms with E-state index in [4.69, 9.17) is 22.1 Å². The van der Waals surface area contributed by atoms with Crippen molar-refractivity contribution >= 4 is 35.6 Å². The topological polar surface area (TPSA) is 64.4 Å². The van der Waals surface area contributed by atoms with Crippen molar-refractivity contribution < 1.29 is 22.7 Å². The number of amides is 1. The molecule has 24 heavy (non-hydrogen) atoms. The summed E-state index contributed by atoms with van der Waals surface area (Å²) in [5.41, 5.74) is 6.08. The molecule has 0 saturated heterocycles. The fourth-order valence-corrected chi connectivity index (χ4v) is 2.80. The summed E-state index contributed by atoms with van der Waals surface area (Å²) in [4.78, 5) is 12.1. The van der Waals surface area contributed by atoms with Gasteiger partial charge in [-0.1, -0.05) is 18.0 Å². The van der Waals surface area contributed by atoms with Gasteiger partial charge >= 0.3 is 6.18 Å². The number of nitrogens with two attached hydrogens (primary N) is 1. The summed E-state index contributed by atoms with van der Waals surface area (Å²) in [7, 11) is 0. The van der Waals surface area contributed by atoms with E-state index in [1.807, 2.05) is 0 Å². The Bertz CT molecular complexity index is 570. The molecule has 0 spiro atoms. The summed E-state index contributed by atoms with van der Waals surface area (Å²) < 4.78 is 41.6. The van der Waals surface area contributed by atoms with Crippen LogP contribution in [0.15, 0.2) is 18.2 Å². The Morgan fingerprint density at radius 1 is 1.38 bits per heavy atom. The number of benzene rings is 1. The Kier molecular flexibility index (Phi) is 7.63. The van der Waals surface area contributed by atoms with Crippen LogP contribution in [-0.2, 0) is 4.79 Å². The summed E-state index contributed by atoms with van der Waals surface area (Å²) in [6.07, 6.45) is -1.48. The van der Waals surface area contributed by atoms with Gasteiger partial charge in [0.1, 0.15) is 5.75 Å². The molecule has 1 aromatic rings. The smallest absolute Gasteiger partial charge is 0.422 e. The third kappa shape index (κ3) is 6.37. The van der Waals surface area contributed by atoms with Gasteiger partial charge in [0.25, 0.3) is 0 Å². The minimum Gasteiger partial charge on any atom is -0.482 e. The van der Waals surface area contributed by atoms with Gasteiger partial charge in [-0.2, -0.15) is 13.2 Å². The van der Waals surface area contributed by atoms with Crippen molar-refractivity contribution in [1.82, 2.24) is 0 Å². The first-order valence-electron chi connectivity index (χ1n) is 7.29. The first-order chi connectivity index (χ1) is 10.7. The number of alkyl halides is 3. The molecule has 0 heterocycles. The van der Waals surface area contributed by atoms with Crippen LogP contribution in [-0.4, -0.2) is 24.7 Å².